The number of carbonyl (C=O) groups excluding carboxylic acids is 4. The topological polar surface area (TPSA) is 181 Å². The SMILES string of the molecule is C=C[C@@H]1C[C@]1(CC(=O)[C@@H]1C[C@@H](Oc2cc(-c3ccccc3)nc3cc(OC)ccc23)CN1C(=O)[C@@H](CC(=O)N1CCCCC1c1nc2ccc(F)cc2[nH]1)C(C)(C)C)C(=O)NS(=O)(=O)C1CC1. The number of hydrogen-bond donors (Lipinski definition) is 2. The van der Waals surface area contributed by atoms with E-state index in [-0.39, 0.29) is 38.1 Å². The van der Waals surface area contributed by atoms with Gasteiger partial charge < -0.3 is 24.3 Å². The van der Waals surface area contributed by atoms with Crippen LogP contribution in [-0.2, 0) is 29.2 Å². The molecule has 4 aliphatic rings. The minimum absolute atomic E-state index is 0.00131. The van der Waals surface area contributed by atoms with E-state index >= 15 is 4.79 Å². The standard InChI is InChI=1S/C51H57FN6O8S/c1-6-31-27-51(31,49(62)56-67(63,64)35-17-18-35)28-44(59)43-24-34(66-45-26-39(30-12-8-7-9-13-30)53-40-23-33(65-5)16-19-36(40)45)29-58(43)48(61)37(50(2,3)4)25-46(60)57-21-11-10-14-42(57)47-54-38-20-15-32(52)22-41(38)55-47/h6-9,12-13,15-16,19-20,22-23,26,31,34-35,37,42-43H,1,10-11,14,17-18,21,24-25,27-29H2,2-5H3,(H,54,55)(H,56,62)/t31-,34-,37-,42?,43+,51-/m1/s1. The summed E-state index contributed by atoms with van der Waals surface area (Å²) in [4.78, 5) is 74.9. The lowest BCUT2D eigenvalue weighted by molar-refractivity contribution is -0.149. The molecule has 352 valence electrons. The number of nitrogens with one attached hydrogen (secondary N) is 2. The van der Waals surface area contributed by atoms with Crippen molar-refractivity contribution < 1.29 is 41.5 Å². The second-order valence-corrected chi connectivity index (χ2v) is 21.7. The molecular formula is C51H57FN6O8S. The van der Waals surface area contributed by atoms with E-state index in [1.54, 1.807) is 30.2 Å². The third kappa shape index (κ3) is 9.28. The zero-order chi connectivity index (χ0) is 47.4. The lowest BCUT2D eigenvalue weighted by atomic mass is 9.77. The number of allylic oxidation sites excluding steroid dienone is 1. The number of sulfonamides is 1. The molecule has 2 saturated carbocycles. The number of Topliss-reactive ketones (excluding diaryl/α,β-unsaturated/α-hetero) is 1. The molecule has 0 spiro atoms. The number of H-pyrrole nitrogens is 1. The summed E-state index contributed by atoms with van der Waals surface area (Å²) in [5.41, 5.74) is 1.13. The molecule has 4 fully saturated rings. The van der Waals surface area contributed by atoms with Crippen LogP contribution in [0.5, 0.6) is 11.5 Å². The molecule has 2 aromatic heterocycles. The molecular weight excluding hydrogens is 876 g/mol. The molecule has 9 rings (SSSR count). The van der Waals surface area contributed by atoms with E-state index in [9.17, 15) is 27.2 Å². The highest BCUT2D eigenvalue weighted by molar-refractivity contribution is 7.90. The first-order valence-electron chi connectivity index (χ1n) is 23.2. The monoisotopic (exact) mass is 932 g/mol. The van der Waals surface area contributed by atoms with E-state index < -0.39 is 79.5 Å². The Morgan fingerprint density at radius 3 is 2.46 bits per heavy atom. The Hall–Kier alpha value is -6.16. The second-order valence-electron chi connectivity index (χ2n) is 19.8. The number of ketones is 1. The molecule has 0 bridgehead atoms. The Balaban J connectivity index is 1.03. The zero-order valence-corrected chi connectivity index (χ0v) is 39.1. The van der Waals surface area contributed by atoms with Gasteiger partial charge in [-0.15, -0.1) is 6.58 Å². The summed E-state index contributed by atoms with van der Waals surface area (Å²) in [6.07, 6.45) is 3.89. The van der Waals surface area contributed by atoms with Gasteiger partial charge in [0.2, 0.25) is 27.7 Å². The average Bonchev–Trinajstić information content (AvgIpc) is 4.21. The van der Waals surface area contributed by atoms with Crippen LogP contribution in [0.1, 0.15) is 90.4 Å². The summed E-state index contributed by atoms with van der Waals surface area (Å²) in [5.74, 6) is -1.88. The lowest BCUT2D eigenvalue weighted by Crippen LogP contribution is -2.50. The molecule has 5 aromatic rings. The van der Waals surface area contributed by atoms with Gasteiger partial charge in [-0.2, -0.15) is 0 Å². The number of imidazole rings is 1. The number of carbonyl (C=O) groups is 4. The number of piperidine rings is 1. The highest BCUT2D eigenvalue weighted by Gasteiger charge is 2.61. The van der Waals surface area contributed by atoms with Crippen LogP contribution < -0.4 is 14.2 Å². The van der Waals surface area contributed by atoms with Gasteiger partial charge >= 0.3 is 0 Å². The summed E-state index contributed by atoms with van der Waals surface area (Å²) in [6.45, 7) is 10.0. The van der Waals surface area contributed by atoms with Crippen molar-refractivity contribution in [1.29, 1.82) is 0 Å². The maximum Gasteiger partial charge on any atom is 0.240 e. The summed E-state index contributed by atoms with van der Waals surface area (Å²) in [5, 5.41) is 0.0515. The first-order valence-corrected chi connectivity index (χ1v) is 24.7. The van der Waals surface area contributed by atoms with Crippen LogP contribution in [0.25, 0.3) is 33.2 Å². The zero-order valence-electron chi connectivity index (χ0n) is 38.3. The number of halogens is 1. The molecule has 3 amide bonds. The van der Waals surface area contributed by atoms with Crippen molar-refractivity contribution in [2.24, 2.45) is 22.7 Å². The molecule has 4 heterocycles. The minimum atomic E-state index is -3.91. The summed E-state index contributed by atoms with van der Waals surface area (Å²) in [6, 6.07) is 19.8. The van der Waals surface area contributed by atoms with Crippen LogP contribution in [0.4, 0.5) is 4.39 Å². The Morgan fingerprint density at radius 2 is 1.76 bits per heavy atom. The van der Waals surface area contributed by atoms with Gasteiger partial charge in [-0.1, -0.05) is 57.2 Å². The van der Waals surface area contributed by atoms with Crippen LogP contribution in [0.3, 0.4) is 0 Å². The number of fused-ring (bicyclic) bond motifs is 2. The number of ether oxygens (including phenoxy) is 2. The number of rotatable bonds is 15. The molecule has 67 heavy (non-hydrogen) atoms. The van der Waals surface area contributed by atoms with Crippen molar-refractivity contribution in [2.45, 2.75) is 102 Å². The number of likely N-dealkylation sites (tertiary alicyclic amines) is 2. The summed E-state index contributed by atoms with van der Waals surface area (Å²) >= 11 is 0. The first-order chi connectivity index (χ1) is 32.0. The lowest BCUT2D eigenvalue weighted by Gasteiger charge is -2.38. The van der Waals surface area contributed by atoms with Gasteiger partial charge in [0.05, 0.1) is 64.6 Å². The van der Waals surface area contributed by atoms with Crippen LogP contribution >= 0.6 is 0 Å². The van der Waals surface area contributed by atoms with E-state index in [0.717, 1.165) is 18.4 Å². The highest BCUT2D eigenvalue weighted by Crippen LogP contribution is 2.57. The van der Waals surface area contributed by atoms with Crippen molar-refractivity contribution in [1.82, 2.24) is 29.5 Å². The maximum atomic E-state index is 15.3. The highest BCUT2D eigenvalue weighted by atomic mass is 32.2. The number of pyridine rings is 1. The Morgan fingerprint density at radius 1 is 0.985 bits per heavy atom. The van der Waals surface area contributed by atoms with E-state index in [1.807, 2.05) is 69.3 Å². The van der Waals surface area contributed by atoms with Gasteiger partial charge in [0.15, 0.2) is 5.78 Å². The maximum absolute atomic E-state index is 15.3. The third-order valence-corrected chi connectivity index (χ3v) is 16.0. The Bertz CT molecular complexity index is 2880. The molecule has 3 aromatic carbocycles. The van der Waals surface area contributed by atoms with Gasteiger partial charge in [0, 0.05) is 48.9 Å². The number of aromatic nitrogens is 3. The van der Waals surface area contributed by atoms with Crippen molar-refractivity contribution in [3.8, 4) is 22.8 Å². The molecule has 6 atom stereocenters. The number of methoxy groups -OCH3 is 1. The van der Waals surface area contributed by atoms with Crippen LogP contribution in [0.2, 0.25) is 0 Å². The van der Waals surface area contributed by atoms with Crippen LogP contribution in [-0.4, -0.2) is 94.3 Å². The molecule has 0 radical (unpaired) electrons. The fourth-order valence-corrected chi connectivity index (χ4v) is 11.4. The van der Waals surface area contributed by atoms with E-state index in [4.69, 9.17) is 19.4 Å². The molecule has 1 unspecified atom stereocenters. The predicted molar refractivity (Wildman–Crippen MR) is 251 cm³/mol. The van der Waals surface area contributed by atoms with E-state index in [1.165, 1.54) is 17.0 Å². The van der Waals surface area contributed by atoms with Crippen molar-refractivity contribution >= 4 is 55.5 Å². The Kier molecular flexibility index (Phi) is 12.2. The Labute approximate surface area is 389 Å². The fourth-order valence-electron chi connectivity index (χ4n) is 10.0. The van der Waals surface area contributed by atoms with Crippen molar-refractivity contribution in [3.05, 3.63) is 97.1 Å². The molecule has 16 heteroatoms. The average molecular weight is 933 g/mol. The largest absolute Gasteiger partial charge is 0.497 e. The quantitative estimate of drug-likeness (QED) is 0.0982. The van der Waals surface area contributed by atoms with Crippen LogP contribution in [0, 0.1) is 28.5 Å². The summed E-state index contributed by atoms with van der Waals surface area (Å²) in [7, 11) is -2.33. The molecule has 2 N–H and O–H groups in total. The van der Waals surface area contributed by atoms with Crippen molar-refractivity contribution in [2.75, 3.05) is 20.2 Å². The number of nitrogens with zero attached hydrogens (tertiary/aromatic N) is 4. The minimum Gasteiger partial charge on any atom is -0.497 e. The van der Waals surface area contributed by atoms with E-state index in [0.29, 0.717) is 70.8 Å². The first kappa shape index (κ1) is 46.0. The van der Waals surface area contributed by atoms with Gasteiger partial charge in [-0.05, 0) is 80.2 Å². The van der Waals surface area contributed by atoms with Gasteiger partial charge in [0.25, 0.3) is 0 Å². The normalized spacial score (nSPS) is 23.5. The van der Waals surface area contributed by atoms with Gasteiger partial charge in [-0.3, -0.25) is 23.9 Å². The number of aromatic amines is 1. The van der Waals surface area contributed by atoms with Crippen LogP contribution in [0.15, 0.2) is 85.5 Å². The molecule has 2 saturated heterocycles. The number of benzene rings is 3. The number of hydrogen-bond acceptors (Lipinski definition) is 10. The molecule has 2 aliphatic carbocycles. The van der Waals surface area contributed by atoms with Crippen molar-refractivity contribution in [3.63, 3.8) is 0 Å². The predicted octanol–water partition coefficient (Wildman–Crippen LogP) is 7.84. The smallest absolute Gasteiger partial charge is 0.240 e. The third-order valence-electron chi connectivity index (χ3n) is 14.1. The fraction of sp³-hybridized carbons (Fsp3) is 0.451. The van der Waals surface area contributed by atoms with E-state index in [2.05, 4.69) is 16.3 Å². The molecule has 2 aliphatic heterocycles. The number of amides is 3. The van der Waals surface area contributed by atoms with Gasteiger partial charge in [-0.25, -0.2) is 22.8 Å². The summed E-state index contributed by atoms with van der Waals surface area (Å²) < 4.78 is 54.7. The molecule has 14 nitrogen and oxygen atoms in total. The van der Waals surface area contributed by atoms with Gasteiger partial charge in [0.1, 0.15) is 29.2 Å². The second kappa shape index (κ2) is 17.8.